The molecule has 0 aliphatic carbocycles. The lowest BCUT2D eigenvalue weighted by Crippen LogP contribution is -2.25. The lowest BCUT2D eigenvalue weighted by atomic mass is 10.0. The Hall–Kier alpha value is -1.70. The molecule has 22 heavy (non-hydrogen) atoms. The Kier molecular flexibility index (Phi) is 4.03. The molecular weight excluding hydrogens is 360 g/mol. The van der Waals surface area contributed by atoms with Crippen LogP contribution in [-0.4, -0.2) is 28.1 Å². The molecular formula is C14H14BrF2N3O2. The zero-order valence-electron chi connectivity index (χ0n) is 11.7. The van der Waals surface area contributed by atoms with Crippen molar-refractivity contribution in [1.82, 2.24) is 14.9 Å². The maximum absolute atomic E-state index is 13.1. The van der Waals surface area contributed by atoms with E-state index in [-0.39, 0.29) is 23.4 Å². The summed E-state index contributed by atoms with van der Waals surface area (Å²) in [4.78, 5) is 15.3. The van der Waals surface area contributed by atoms with Gasteiger partial charge in [-0.15, -0.1) is 0 Å². The Morgan fingerprint density at radius 3 is 2.91 bits per heavy atom. The van der Waals surface area contributed by atoms with Crippen LogP contribution in [0.5, 0.6) is 5.75 Å². The number of aromatic nitrogens is 2. The van der Waals surface area contributed by atoms with E-state index in [4.69, 9.17) is 4.74 Å². The predicted octanol–water partition coefficient (Wildman–Crippen LogP) is 3.10. The molecule has 5 nitrogen and oxygen atoms in total. The average Bonchev–Trinajstić information content (AvgIpc) is 3.04. The minimum atomic E-state index is -2.70. The smallest absolute Gasteiger partial charge is 0.320 e. The van der Waals surface area contributed by atoms with Gasteiger partial charge in [0.2, 0.25) is 5.91 Å². The molecule has 1 saturated heterocycles. The van der Waals surface area contributed by atoms with Crippen LogP contribution in [0.15, 0.2) is 22.9 Å². The number of ether oxygens (including phenoxy) is 1. The van der Waals surface area contributed by atoms with Gasteiger partial charge in [0.05, 0.1) is 5.52 Å². The molecule has 1 aromatic carbocycles. The molecule has 3 rings (SSSR count). The van der Waals surface area contributed by atoms with Crippen molar-refractivity contribution in [2.45, 2.75) is 26.0 Å². The molecule has 2 aromatic rings. The normalized spacial score (nSPS) is 19.7. The van der Waals surface area contributed by atoms with Gasteiger partial charge >= 0.3 is 6.55 Å². The quantitative estimate of drug-likeness (QED) is 0.895. The second kappa shape index (κ2) is 5.83. The largest absolute Gasteiger partial charge is 0.488 e. The predicted molar refractivity (Wildman–Crippen MR) is 79.9 cm³/mol. The number of imidazole rings is 1. The van der Waals surface area contributed by atoms with Gasteiger partial charge < -0.3 is 10.1 Å². The standard InChI is InChI=1S/C14H14BrF2N3O2/c1-7(8-2-12(21)18-5-8)22-11-4-9(15)3-10-13(11)20(6-19-10)14(16)17/h3-4,6-8,14H,2,5H2,1H3,(H,18,21). The van der Waals surface area contributed by atoms with Crippen LogP contribution < -0.4 is 10.1 Å². The summed E-state index contributed by atoms with van der Waals surface area (Å²) >= 11 is 3.33. The van der Waals surface area contributed by atoms with E-state index < -0.39 is 6.55 Å². The number of fused-ring (bicyclic) bond motifs is 1. The van der Waals surface area contributed by atoms with E-state index in [0.717, 1.165) is 10.9 Å². The third-order valence-electron chi connectivity index (χ3n) is 3.80. The summed E-state index contributed by atoms with van der Waals surface area (Å²) in [7, 11) is 0. The van der Waals surface area contributed by atoms with Gasteiger partial charge in [-0.2, -0.15) is 8.78 Å². The highest BCUT2D eigenvalue weighted by Crippen LogP contribution is 2.33. The van der Waals surface area contributed by atoms with Crippen molar-refractivity contribution in [3.63, 3.8) is 0 Å². The van der Waals surface area contributed by atoms with Crippen molar-refractivity contribution < 1.29 is 18.3 Å². The lowest BCUT2D eigenvalue weighted by molar-refractivity contribution is -0.119. The first-order chi connectivity index (χ1) is 10.5. The van der Waals surface area contributed by atoms with Gasteiger partial charge in [-0.3, -0.25) is 9.36 Å². The van der Waals surface area contributed by atoms with E-state index in [1.807, 2.05) is 6.92 Å². The molecule has 1 aliphatic rings. The molecule has 0 bridgehead atoms. The molecule has 0 radical (unpaired) electrons. The molecule has 1 N–H and O–H groups in total. The number of halogens is 3. The Morgan fingerprint density at radius 2 is 2.27 bits per heavy atom. The van der Waals surface area contributed by atoms with Crippen molar-refractivity contribution >= 4 is 32.9 Å². The van der Waals surface area contributed by atoms with Crippen molar-refractivity contribution in [2.75, 3.05) is 6.54 Å². The van der Waals surface area contributed by atoms with Crippen LogP contribution in [0.4, 0.5) is 8.78 Å². The van der Waals surface area contributed by atoms with E-state index >= 15 is 0 Å². The van der Waals surface area contributed by atoms with Crippen molar-refractivity contribution in [3.8, 4) is 5.75 Å². The molecule has 2 heterocycles. The molecule has 8 heteroatoms. The number of carbonyl (C=O) groups is 1. The number of hydrogen-bond acceptors (Lipinski definition) is 3. The highest BCUT2D eigenvalue weighted by atomic mass is 79.9. The second-order valence-corrected chi connectivity index (χ2v) is 6.21. The molecule has 1 fully saturated rings. The van der Waals surface area contributed by atoms with Crippen molar-refractivity contribution in [3.05, 3.63) is 22.9 Å². The van der Waals surface area contributed by atoms with E-state index in [0.29, 0.717) is 28.7 Å². The van der Waals surface area contributed by atoms with Gasteiger partial charge in [-0.25, -0.2) is 4.98 Å². The molecule has 0 spiro atoms. The van der Waals surface area contributed by atoms with Crippen LogP contribution in [0.1, 0.15) is 19.9 Å². The third kappa shape index (κ3) is 2.79. The lowest BCUT2D eigenvalue weighted by Gasteiger charge is -2.20. The Labute approximate surface area is 133 Å². The summed E-state index contributed by atoms with van der Waals surface area (Å²) in [6, 6.07) is 3.30. The minimum Gasteiger partial charge on any atom is -0.488 e. The summed E-state index contributed by atoms with van der Waals surface area (Å²) < 4.78 is 33.6. The zero-order valence-corrected chi connectivity index (χ0v) is 13.3. The van der Waals surface area contributed by atoms with Crippen LogP contribution >= 0.6 is 15.9 Å². The van der Waals surface area contributed by atoms with Crippen LogP contribution in [0, 0.1) is 5.92 Å². The number of nitrogens with one attached hydrogen (secondary N) is 1. The summed E-state index contributed by atoms with van der Waals surface area (Å²) in [5.41, 5.74) is 0.680. The fraction of sp³-hybridized carbons (Fsp3) is 0.429. The first-order valence-corrected chi connectivity index (χ1v) is 7.62. The molecule has 1 amide bonds. The summed E-state index contributed by atoms with van der Waals surface area (Å²) in [5.74, 6) is 0.330. The second-order valence-electron chi connectivity index (χ2n) is 5.29. The van der Waals surface area contributed by atoms with Crippen LogP contribution in [0.25, 0.3) is 11.0 Å². The maximum atomic E-state index is 13.1. The fourth-order valence-electron chi connectivity index (χ4n) is 2.59. The minimum absolute atomic E-state index is 0.0162. The first-order valence-electron chi connectivity index (χ1n) is 6.83. The topological polar surface area (TPSA) is 56.1 Å². The Bertz CT molecular complexity index is 719. The van der Waals surface area contributed by atoms with E-state index in [2.05, 4.69) is 26.2 Å². The van der Waals surface area contributed by atoms with Crippen molar-refractivity contribution in [1.29, 1.82) is 0 Å². The zero-order chi connectivity index (χ0) is 15.9. The van der Waals surface area contributed by atoms with Crippen molar-refractivity contribution in [2.24, 2.45) is 5.92 Å². The molecule has 2 atom stereocenters. The van der Waals surface area contributed by atoms with Gasteiger partial charge in [0, 0.05) is 23.4 Å². The summed E-state index contributed by atoms with van der Waals surface area (Å²) in [6.07, 6.45) is 1.20. The van der Waals surface area contributed by atoms with E-state index in [9.17, 15) is 13.6 Å². The Morgan fingerprint density at radius 1 is 1.50 bits per heavy atom. The number of hydrogen-bond donors (Lipinski definition) is 1. The maximum Gasteiger partial charge on any atom is 0.320 e. The third-order valence-corrected chi connectivity index (χ3v) is 4.25. The summed E-state index contributed by atoms with van der Waals surface area (Å²) in [6.45, 7) is -0.329. The van der Waals surface area contributed by atoms with E-state index in [1.165, 1.54) is 0 Å². The SMILES string of the molecule is CC(Oc1cc(Br)cc2ncn(C(F)F)c12)C1CNC(=O)C1. The highest BCUT2D eigenvalue weighted by Gasteiger charge is 2.29. The molecule has 1 aliphatic heterocycles. The van der Waals surface area contributed by atoms with Crippen LogP contribution in [-0.2, 0) is 4.79 Å². The highest BCUT2D eigenvalue weighted by molar-refractivity contribution is 9.10. The Balaban J connectivity index is 1.95. The number of rotatable bonds is 4. The molecule has 118 valence electrons. The fourth-order valence-corrected chi connectivity index (χ4v) is 3.02. The van der Waals surface area contributed by atoms with Gasteiger partial charge in [-0.1, -0.05) is 15.9 Å². The molecule has 2 unspecified atom stereocenters. The number of amides is 1. The van der Waals surface area contributed by atoms with Crippen LogP contribution in [0.3, 0.4) is 0 Å². The number of alkyl halides is 2. The van der Waals surface area contributed by atoms with Crippen LogP contribution in [0.2, 0.25) is 0 Å². The monoisotopic (exact) mass is 373 g/mol. The van der Waals surface area contributed by atoms with Gasteiger partial charge in [0.25, 0.3) is 0 Å². The number of nitrogens with zero attached hydrogens (tertiary/aromatic N) is 2. The summed E-state index contributed by atoms with van der Waals surface area (Å²) in [5, 5.41) is 2.74. The average molecular weight is 374 g/mol. The number of carbonyl (C=O) groups excluding carboxylic acids is 1. The van der Waals surface area contributed by atoms with Gasteiger partial charge in [0.15, 0.2) is 0 Å². The molecule has 0 saturated carbocycles. The van der Waals surface area contributed by atoms with Gasteiger partial charge in [0.1, 0.15) is 23.7 Å². The van der Waals surface area contributed by atoms with Gasteiger partial charge in [-0.05, 0) is 19.1 Å². The van der Waals surface area contributed by atoms with E-state index in [1.54, 1.807) is 12.1 Å². The first kappa shape index (κ1) is 15.2. The molecule has 1 aromatic heterocycles. The number of benzene rings is 1.